The first-order valence-corrected chi connectivity index (χ1v) is 10.9. The number of urea groups is 1. The summed E-state index contributed by atoms with van der Waals surface area (Å²) in [4.78, 5) is 34.4. The molecule has 11 heteroatoms. The van der Waals surface area contributed by atoms with E-state index in [4.69, 9.17) is 11.6 Å². The fraction of sp³-hybridized carbons (Fsp3) is 0. The van der Waals surface area contributed by atoms with Gasteiger partial charge < -0.3 is 10.6 Å². The second kappa shape index (κ2) is 9.51. The van der Waals surface area contributed by atoms with Crippen molar-refractivity contribution < 1.29 is 18.4 Å². The normalized spacial score (nSPS) is 10.9. The Morgan fingerprint density at radius 3 is 2.47 bits per heavy atom. The number of ketones is 1. The molecule has 3 N–H and O–H groups in total. The van der Waals surface area contributed by atoms with Gasteiger partial charge in [-0.15, -0.1) is 0 Å². The van der Waals surface area contributed by atoms with Crippen LogP contribution in [0.3, 0.4) is 0 Å². The van der Waals surface area contributed by atoms with Crippen molar-refractivity contribution in [3.05, 3.63) is 101 Å². The van der Waals surface area contributed by atoms with E-state index in [1.54, 1.807) is 36.8 Å². The van der Waals surface area contributed by atoms with Crippen LogP contribution in [-0.2, 0) is 0 Å². The van der Waals surface area contributed by atoms with Crippen molar-refractivity contribution in [1.82, 2.24) is 20.2 Å². The molecule has 0 saturated heterocycles. The molecular weight excluding hydrogens is 490 g/mol. The summed E-state index contributed by atoms with van der Waals surface area (Å²) >= 11 is 5.72. The highest BCUT2D eigenvalue weighted by Crippen LogP contribution is 2.23. The van der Waals surface area contributed by atoms with Crippen LogP contribution in [0.5, 0.6) is 0 Å². The van der Waals surface area contributed by atoms with Gasteiger partial charge >= 0.3 is 6.03 Å². The minimum absolute atomic E-state index is 0.0217. The molecule has 0 saturated carbocycles. The standard InChI is InChI=1S/C25H15ClF2N6O2/c26-19-9-17(2-3-20(19)28)32-25(36)33-18-6-14(5-16(27)8-18)24(35)13-1-4-21-22(7-13)34-23(12-29-21)15-10-30-31-11-15/h1-12H,(H,30,31)(H2,32,33,36). The Morgan fingerprint density at radius 1 is 0.861 bits per heavy atom. The zero-order valence-electron chi connectivity index (χ0n) is 18.2. The van der Waals surface area contributed by atoms with Crippen molar-refractivity contribution in [2.24, 2.45) is 0 Å². The lowest BCUT2D eigenvalue weighted by molar-refractivity contribution is 0.103. The molecule has 5 rings (SSSR count). The zero-order chi connectivity index (χ0) is 25.2. The molecule has 0 aliphatic heterocycles. The Balaban J connectivity index is 1.38. The van der Waals surface area contributed by atoms with Crippen molar-refractivity contribution >= 4 is 45.8 Å². The summed E-state index contributed by atoms with van der Waals surface area (Å²) in [5.74, 6) is -1.82. The van der Waals surface area contributed by atoms with Crippen molar-refractivity contribution in [2.75, 3.05) is 10.6 Å². The van der Waals surface area contributed by atoms with E-state index in [0.29, 0.717) is 16.7 Å². The lowest BCUT2D eigenvalue weighted by Gasteiger charge is -2.10. The Kier molecular flexibility index (Phi) is 6.09. The lowest BCUT2D eigenvalue weighted by Crippen LogP contribution is -2.20. The number of H-pyrrole nitrogens is 1. The molecule has 0 aliphatic carbocycles. The first kappa shape index (κ1) is 23.1. The summed E-state index contributed by atoms with van der Waals surface area (Å²) < 4.78 is 27.6. The second-order valence-corrected chi connectivity index (χ2v) is 8.12. The number of hydrogen-bond acceptors (Lipinski definition) is 5. The molecule has 0 atom stereocenters. The molecule has 178 valence electrons. The Hall–Kier alpha value is -4.70. The van der Waals surface area contributed by atoms with E-state index in [-0.39, 0.29) is 27.5 Å². The van der Waals surface area contributed by atoms with Crippen LogP contribution in [-0.4, -0.2) is 32.0 Å². The fourth-order valence-corrected chi connectivity index (χ4v) is 3.69. The van der Waals surface area contributed by atoms with Gasteiger partial charge in [0.1, 0.15) is 11.6 Å². The van der Waals surface area contributed by atoms with Crippen molar-refractivity contribution in [3.63, 3.8) is 0 Å². The van der Waals surface area contributed by atoms with E-state index in [1.807, 2.05) is 0 Å². The van der Waals surface area contributed by atoms with Gasteiger partial charge in [-0.25, -0.2) is 18.6 Å². The van der Waals surface area contributed by atoms with Gasteiger partial charge in [0.2, 0.25) is 0 Å². The summed E-state index contributed by atoms with van der Waals surface area (Å²) in [5, 5.41) is 11.4. The van der Waals surface area contributed by atoms with Crippen LogP contribution in [0.15, 0.2) is 73.2 Å². The number of carbonyl (C=O) groups is 2. The van der Waals surface area contributed by atoms with Crippen LogP contribution < -0.4 is 10.6 Å². The highest BCUT2D eigenvalue weighted by Gasteiger charge is 2.15. The molecule has 0 bridgehead atoms. The maximum absolute atomic E-state index is 14.3. The van der Waals surface area contributed by atoms with Crippen molar-refractivity contribution in [1.29, 1.82) is 0 Å². The van der Waals surface area contributed by atoms with Crippen molar-refractivity contribution in [2.45, 2.75) is 0 Å². The van der Waals surface area contributed by atoms with Crippen molar-refractivity contribution in [3.8, 4) is 11.3 Å². The fourth-order valence-electron chi connectivity index (χ4n) is 3.51. The van der Waals surface area contributed by atoms with Gasteiger partial charge in [-0.05, 0) is 54.6 Å². The van der Waals surface area contributed by atoms with Gasteiger partial charge in [-0.3, -0.25) is 14.9 Å². The second-order valence-electron chi connectivity index (χ2n) is 7.71. The molecule has 8 nitrogen and oxygen atoms in total. The number of amides is 2. The maximum atomic E-state index is 14.3. The van der Waals surface area contributed by atoms with E-state index < -0.39 is 23.4 Å². The summed E-state index contributed by atoms with van der Waals surface area (Å²) in [7, 11) is 0. The number of aromatic nitrogens is 4. The Labute approximate surface area is 207 Å². The number of fused-ring (bicyclic) bond motifs is 1. The van der Waals surface area contributed by atoms with Gasteiger partial charge in [0.15, 0.2) is 5.78 Å². The van der Waals surface area contributed by atoms with Gasteiger partial charge in [-0.2, -0.15) is 5.10 Å². The van der Waals surface area contributed by atoms with Crippen LogP contribution in [0.25, 0.3) is 22.3 Å². The Bertz CT molecular complexity index is 1630. The average molecular weight is 505 g/mol. The molecule has 2 aromatic heterocycles. The van der Waals surface area contributed by atoms with Crippen LogP contribution in [0.4, 0.5) is 25.0 Å². The molecule has 0 spiro atoms. The van der Waals surface area contributed by atoms with E-state index in [2.05, 4.69) is 30.8 Å². The minimum Gasteiger partial charge on any atom is -0.308 e. The van der Waals surface area contributed by atoms with Crippen LogP contribution in [0.1, 0.15) is 15.9 Å². The molecule has 2 heterocycles. The number of hydrogen-bond donors (Lipinski definition) is 3. The van der Waals surface area contributed by atoms with E-state index in [9.17, 15) is 18.4 Å². The monoisotopic (exact) mass is 504 g/mol. The molecule has 5 aromatic rings. The number of nitrogens with one attached hydrogen (secondary N) is 3. The molecule has 3 aromatic carbocycles. The number of carbonyl (C=O) groups excluding carboxylic acids is 2. The van der Waals surface area contributed by atoms with Crippen LogP contribution in [0, 0.1) is 11.6 Å². The quantitative estimate of drug-likeness (QED) is 0.261. The van der Waals surface area contributed by atoms with Crippen LogP contribution >= 0.6 is 11.6 Å². The summed E-state index contributed by atoms with van der Waals surface area (Å²) in [6, 6.07) is 11.2. The minimum atomic E-state index is -0.727. The van der Waals surface area contributed by atoms with E-state index in [1.165, 1.54) is 18.2 Å². The summed E-state index contributed by atoms with van der Waals surface area (Å²) in [6.45, 7) is 0. The predicted molar refractivity (Wildman–Crippen MR) is 131 cm³/mol. The molecule has 0 aliphatic rings. The molecule has 0 fully saturated rings. The molecule has 0 radical (unpaired) electrons. The summed E-state index contributed by atoms with van der Waals surface area (Å²) in [6.07, 6.45) is 4.88. The lowest BCUT2D eigenvalue weighted by atomic mass is 10.0. The first-order chi connectivity index (χ1) is 17.4. The number of nitrogens with zero attached hydrogens (tertiary/aromatic N) is 3. The topological polar surface area (TPSA) is 113 Å². The number of aromatic amines is 1. The molecule has 36 heavy (non-hydrogen) atoms. The SMILES string of the molecule is O=C(Nc1cc(F)cc(C(=O)c2ccc3ncc(-c4cn[nH]c4)nc3c2)c1)Nc1ccc(F)c(Cl)c1. The zero-order valence-corrected chi connectivity index (χ0v) is 19.0. The number of anilines is 2. The highest BCUT2D eigenvalue weighted by molar-refractivity contribution is 6.31. The average Bonchev–Trinajstić information content (AvgIpc) is 3.40. The third-order valence-corrected chi connectivity index (χ3v) is 5.48. The smallest absolute Gasteiger partial charge is 0.308 e. The van der Waals surface area contributed by atoms with E-state index >= 15 is 0 Å². The Morgan fingerprint density at radius 2 is 1.69 bits per heavy atom. The molecule has 0 unspecified atom stereocenters. The predicted octanol–water partition coefficient (Wildman–Crippen LogP) is 5.83. The van der Waals surface area contributed by atoms with Gasteiger partial charge in [0.05, 0.1) is 34.1 Å². The third kappa shape index (κ3) is 4.89. The molecular formula is C25H15ClF2N6O2. The molecule has 2 amide bonds. The highest BCUT2D eigenvalue weighted by atomic mass is 35.5. The van der Waals surface area contributed by atoms with Gasteiger partial charge in [0, 0.05) is 34.3 Å². The van der Waals surface area contributed by atoms with Gasteiger partial charge in [0.25, 0.3) is 0 Å². The third-order valence-electron chi connectivity index (χ3n) is 5.19. The largest absolute Gasteiger partial charge is 0.323 e. The number of halogens is 3. The number of rotatable bonds is 5. The van der Waals surface area contributed by atoms with E-state index in [0.717, 1.165) is 23.8 Å². The maximum Gasteiger partial charge on any atom is 0.323 e. The first-order valence-electron chi connectivity index (χ1n) is 10.5. The van der Waals surface area contributed by atoms with Crippen LogP contribution in [0.2, 0.25) is 5.02 Å². The summed E-state index contributed by atoms with van der Waals surface area (Å²) in [5.41, 5.74) is 2.95. The van der Waals surface area contributed by atoms with Gasteiger partial charge in [-0.1, -0.05) is 11.6 Å². The number of benzene rings is 3.